The van der Waals surface area contributed by atoms with Gasteiger partial charge in [-0.15, -0.1) is 11.3 Å². The molecule has 1 atom stereocenters. The van der Waals surface area contributed by atoms with Crippen LogP contribution in [0.3, 0.4) is 0 Å². The first-order chi connectivity index (χ1) is 14.6. The highest BCUT2D eigenvalue weighted by Gasteiger charge is 2.34. The third-order valence-electron chi connectivity index (χ3n) is 5.18. The van der Waals surface area contributed by atoms with Crippen molar-refractivity contribution in [1.29, 1.82) is 0 Å². The maximum absolute atomic E-state index is 13.2. The Hall–Kier alpha value is -2.70. The summed E-state index contributed by atoms with van der Waals surface area (Å²) in [5.74, 6) is 1.91. The monoisotopic (exact) mass is 443 g/mol. The molecule has 0 saturated carbocycles. The van der Waals surface area contributed by atoms with Gasteiger partial charge in [-0.25, -0.2) is 0 Å². The molecule has 2 heterocycles. The number of nitrogens with zero attached hydrogens (tertiary/aromatic N) is 1. The molecular formula is C23H22ClNO4S. The van der Waals surface area contributed by atoms with Gasteiger partial charge in [0.25, 0.3) is 5.91 Å². The maximum atomic E-state index is 13.2. The van der Waals surface area contributed by atoms with Crippen molar-refractivity contribution in [2.45, 2.75) is 12.5 Å². The van der Waals surface area contributed by atoms with E-state index >= 15 is 0 Å². The smallest absolute Gasteiger partial charge is 0.261 e. The largest absolute Gasteiger partial charge is 0.493 e. The number of benzene rings is 2. The summed E-state index contributed by atoms with van der Waals surface area (Å²) >= 11 is 7.55. The number of hydrogen-bond acceptors (Lipinski definition) is 5. The molecule has 0 fully saturated rings. The summed E-state index contributed by atoms with van der Waals surface area (Å²) in [6.07, 6.45) is 0.740. The van der Waals surface area contributed by atoms with Crippen LogP contribution in [0.4, 0.5) is 0 Å². The number of fused-ring (bicyclic) bond motifs is 1. The van der Waals surface area contributed by atoms with Crippen molar-refractivity contribution in [2.24, 2.45) is 0 Å². The third kappa shape index (κ3) is 4.11. The number of methoxy groups -OCH3 is 2. The number of ether oxygens (including phenoxy) is 3. The summed E-state index contributed by atoms with van der Waals surface area (Å²) in [5.41, 5.74) is 2.22. The van der Waals surface area contributed by atoms with Crippen molar-refractivity contribution in [3.63, 3.8) is 0 Å². The molecule has 0 N–H and O–H groups in total. The Morgan fingerprint density at radius 2 is 1.87 bits per heavy atom. The summed E-state index contributed by atoms with van der Waals surface area (Å²) in [6.45, 7) is 0.569. The predicted molar refractivity (Wildman–Crippen MR) is 118 cm³/mol. The quantitative estimate of drug-likeness (QED) is 0.539. The number of carbonyl (C=O) groups is 1. The molecule has 0 aliphatic carbocycles. The van der Waals surface area contributed by atoms with Gasteiger partial charge in [0.1, 0.15) is 5.75 Å². The Kier molecular flexibility index (Phi) is 6.16. The lowest BCUT2D eigenvalue weighted by atomic mass is 9.90. The van der Waals surface area contributed by atoms with Gasteiger partial charge in [0.15, 0.2) is 18.1 Å². The first-order valence-electron chi connectivity index (χ1n) is 9.56. The van der Waals surface area contributed by atoms with E-state index in [-0.39, 0.29) is 18.6 Å². The first kappa shape index (κ1) is 20.6. The molecule has 2 aromatic carbocycles. The molecule has 156 valence electrons. The van der Waals surface area contributed by atoms with E-state index in [9.17, 15) is 4.79 Å². The van der Waals surface area contributed by atoms with Crippen LogP contribution in [0.2, 0.25) is 5.02 Å². The van der Waals surface area contributed by atoms with Crippen LogP contribution >= 0.6 is 22.9 Å². The van der Waals surface area contributed by atoms with Crippen LogP contribution in [-0.4, -0.2) is 38.2 Å². The highest BCUT2D eigenvalue weighted by Crippen LogP contribution is 2.42. The highest BCUT2D eigenvalue weighted by atomic mass is 35.5. The van der Waals surface area contributed by atoms with Gasteiger partial charge in [-0.05, 0) is 65.4 Å². The van der Waals surface area contributed by atoms with E-state index in [1.807, 2.05) is 28.5 Å². The Labute approximate surface area is 184 Å². The lowest BCUT2D eigenvalue weighted by Gasteiger charge is -2.37. The molecule has 1 aromatic heterocycles. The zero-order valence-corrected chi connectivity index (χ0v) is 18.3. The molecule has 0 saturated heterocycles. The van der Waals surface area contributed by atoms with Gasteiger partial charge in [0.05, 0.1) is 20.3 Å². The van der Waals surface area contributed by atoms with Crippen molar-refractivity contribution in [3.05, 3.63) is 74.9 Å². The molecule has 30 heavy (non-hydrogen) atoms. The Bertz CT molecular complexity index is 1020. The Balaban J connectivity index is 1.63. The Morgan fingerprint density at radius 1 is 1.13 bits per heavy atom. The van der Waals surface area contributed by atoms with Gasteiger partial charge >= 0.3 is 0 Å². The first-order valence-corrected chi connectivity index (χ1v) is 10.8. The van der Waals surface area contributed by atoms with E-state index in [0.29, 0.717) is 28.8 Å². The second kappa shape index (κ2) is 8.98. The van der Waals surface area contributed by atoms with Crippen molar-refractivity contribution in [1.82, 2.24) is 4.90 Å². The Morgan fingerprint density at radius 3 is 2.53 bits per heavy atom. The molecule has 4 rings (SSSR count). The fourth-order valence-electron chi connectivity index (χ4n) is 3.73. The molecule has 5 nitrogen and oxygen atoms in total. The molecular weight excluding hydrogens is 422 g/mol. The van der Waals surface area contributed by atoms with Crippen LogP contribution in [0.5, 0.6) is 17.2 Å². The fraction of sp³-hybridized carbons (Fsp3) is 0.261. The topological polar surface area (TPSA) is 48.0 Å². The number of halogens is 1. The van der Waals surface area contributed by atoms with E-state index in [2.05, 4.69) is 6.07 Å². The second-order valence-corrected chi connectivity index (χ2v) is 8.32. The third-order valence-corrected chi connectivity index (χ3v) is 6.36. The van der Waals surface area contributed by atoms with Crippen LogP contribution in [0, 0.1) is 0 Å². The lowest BCUT2D eigenvalue weighted by Crippen LogP contribution is -2.42. The van der Waals surface area contributed by atoms with E-state index in [1.165, 1.54) is 0 Å². The van der Waals surface area contributed by atoms with E-state index in [0.717, 1.165) is 22.4 Å². The number of carbonyl (C=O) groups excluding carboxylic acids is 1. The van der Waals surface area contributed by atoms with Gasteiger partial charge in [-0.3, -0.25) is 4.79 Å². The van der Waals surface area contributed by atoms with Gasteiger partial charge in [0.2, 0.25) is 0 Å². The molecule has 1 aliphatic rings. The normalized spacial score (nSPS) is 15.4. The standard InChI is InChI=1S/C23H22ClNO4S/c1-27-19-12-15-9-10-25(22(26)14-29-17-7-5-16(24)6-8-17)23(21-4-3-11-30-21)18(15)13-20(19)28-2/h3-8,11-13,23H,9-10,14H2,1-2H3/t23-/m0/s1. The van der Waals surface area contributed by atoms with Gasteiger partial charge in [-0.2, -0.15) is 0 Å². The van der Waals surface area contributed by atoms with Crippen LogP contribution in [0.1, 0.15) is 22.0 Å². The number of rotatable bonds is 6. The molecule has 7 heteroatoms. The zero-order chi connectivity index (χ0) is 21.1. The summed E-state index contributed by atoms with van der Waals surface area (Å²) in [6, 6.07) is 14.9. The maximum Gasteiger partial charge on any atom is 0.261 e. The SMILES string of the molecule is COc1cc2c(cc1OC)[C@@H](c1cccs1)N(C(=O)COc1ccc(Cl)cc1)CC2. The number of thiophene rings is 1. The van der Waals surface area contributed by atoms with Crippen molar-refractivity contribution in [2.75, 3.05) is 27.4 Å². The predicted octanol–water partition coefficient (Wildman–Crippen LogP) is 4.97. The van der Waals surface area contributed by atoms with Crippen LogP contribution in [0.15, 0.2) is 53.9 Å². The van der Waals surface area contributed by atoms with E-state index < -0.39 is 0 Å². The molecule has 1 aliphatic heterocycles. The molecule has 1 amide bonds. The summed E-state index contributed by atoms with van der Waals surface area (Å²) < 4.78 is 16.7. The molecule has 3 aromatic rings. The fourth-order valence-corrected chi connectivity index (χ4v) is 4.71. The average Bonchev–Trinajstić information content (AvgIpc) is 3.31. The minimum atomic E-state index is -0.185. The van der Waals surface area contributed by atoms with Gasteiger partial charge < -0.3 is 19.1 Å². The second-order valence-electron chi connectivity index (χ2n) is 6.90. The average molecular weight is 444 g/mol. The highest BCUT2D eigenvalue weighted by molar-refractivity contribution is 7.10. The lowest BCUT2D eigenvalue weighted by molar-refractivity contribution is -0.135. The molecule has 0 spiro atoms. The van der Waals surface area contributed by atoms with Crippen molar-refractivity contribution >= 4 is 28.8 Å². The number of hydrogen-bond donors (Lipinski definition) is 0. The minimum absolute atomic E-state index is 0.0356. The van der Waals surface area contributed by atoms with Crippen molar-refractivity contribution < 1.29 is 19.0 Å². The van der Waals surface area contributed by atoms with Crippen LogP contribution in [-0.2, 0) is 11.2 Å². The van der Waals surface area contributed by atoms with Gasteiger partial charge in [-0.1, -0.05) is 17.7 Å². The summed E-state index contributed by atoms with van der Waals surface area (Å²) in [5, 5.41) is 2.65. The van der Waals surface area contributed by atoms with E-state index in [1.54, 1.807) is 49.8 Å². The summed E-state index contributed by atoms with van der Waals surface area (Å²) in [4.78, 5) is 16.1. The molecule has 0 radical (unpaired) electrons. The van der Waals surface area contributed by atoms with E-state index in [4.69, 9.17) is 25.8 Å². The van der Waals surface area contributed by atoms with Gasteiger partial charge in [0, 0.05) is 16.4 Å². The molecule has 0 unspecified atom stereocenters. The molecule has 0 bridgehead atoms. The minimum Gasteiger partial charge on any atom is -0.493 e. The number of amides is 1. The van der Waals surface area contributed by atoms with Crippen LogP contribution < -0.4 is 14.2 Å². The van der Waals surface area contributed by atoms with Crippen molar-refractivity contribution in [3.8, 4) is 17.2 Å². The zero-order valence-electron chi connectivity index (χ0n) is 16.8. The summed E-state index contributed by atoms with van der Waals surface area (Å²) in [7, 11) is 3.25. The van der Waals surface area contributed by atoms with Crippen LogP contribution in [0.25, 0.3) is 0 Å².